The molecule has 0 radical (unpaired) electrons. The number of carboxylic acid groups (broad SMARTS) is 1. The Labute approximate surface area is 79.7 Å². The van der Waals surface area contributed by atoms with Crippen LogP contribution in [0.2, 0.25) is 0 Å². The van der Waals surface area contributed by atoms with Crippen LogP contribution in [0.1, 0.15) is 19.3 Å². The van der Waals surface area contributed by atoms with Gasteiger partial charge in [-0.15, -0.1) is 0 Å². The highest BCUT2D eigenvalue weighted by atomic mass is 32.2. The highest BCUT2D eigenvalue weighted by Gasteiger charge is 2.17. The molecule has 1 aliphatic rings. The van der Waals surface area contributed by atoms with E-state index in [2.05, 4.69) is 0 Å². The quantitative estimate of drug-likeness (QED) is 0.722. The Balaban J connectivity index is 2.22. The van der Waals surface area contributed by atoms with Gasteiger partial charge in [0.1, 0.15) is 5.75 Å². The van der Waals surface area contributed by atoms with Crippen LogP contribution < -0.4 is 0 Å². The molecule has 0 amide bonds. The van der Waals surface area contributed by atoms with Gasteiger partial charge in [0.15, 0.2) is 0 Å². The van der Waals surface area contributed by atoms with Crippen LogP contribution in [0.4, 0.5) is 0 Å². The van der Waals surface area contributed by atoms with Crippen molar-refractivity contribution in [3.8, 4) is 0 Å². The molecule has 0 aromatic rings. The summed E-state index contributed by atoms with van der Waals surface area (Å²) in [5, 5.41) is 8.38. The van der Waals surface area contributed by atoms with Gasteiger partial charge in [-0.25, -0.2) is 0 Å². The van der Waals surface area contributed by atoms with Crippen molar-refractivity contribution in [2.45, 2.75) is 25.4 Å². The second-order valence-electron chi connectivity index (χ2n) is 3.13. The summed E-state index contributed by atoms with van der Waals surface area (Å²) in [6.45, 7) is 0.717. The van der Waals surface area contributed by atoms with E-state index < -0.39 is 16.8 Å². The van der Waals surface area contributed by atoms with Crippen LogP contribution in [-0.4, -0.2) is 39.5 Å². The van der Waals surface area contributed by atoms with E-state index in [1.54, 1.807) is 0 Å². The zero-order chi connectivity index (χ0) is 9.68. The van der Waals surface area contributed by atoms with Crippen LogP contribution in [-0.2, 0) is 20.3 Å². The summed E-state index contributed by atoms with van der Waals surface area (Å²) in [5.74, 6) is -0.902. The van der Waals surface area contributed by atoms with Crippen molar-refractivity contribution in [3.63, 3.8) is 0 Å². The fraction of sp³-hybridized carbons (Fsp3) is 0.875. The molecular formula is C8H14O4S. The highest BCUT2D eigenvalue weighted by molar-refractivity contribution is 7.85. The van der Waals surface area contributed by atoms with Gasteiger partial charge in [-0.2, -0.15) is 0 Å². The van der Waals surface area contributed by atoms with Crippen molar-refractivity contribution in [2.75, 3.05) is 18.1 Å². The largest absolute Gasteiger partial charge is 0.481 e. The van der Waals surface area contributed by atoms with Gasteiger partial charge in [0.25, 0.3) is 0 Å². The van der Waals surface area contributed by atoms with Gasteiger partial charge in [-0.05, 0) is 19.3 Å². The Morgan fingerprint density at radius 1 is 1.54 bits per heavy atom. The van der Waals surface area contributed by atoms with Gasteiger partial charge in [-0.1, -0.05) is 0 Å². The molecule has 0 aromatic heterocycles. The number of rotatable bonds is 4. The molecule has 1 rings (SSSR count). The third kappa shape index (κ3) is 4.38. The van der Waals surface area contributed by atoms with E-state index in [1.165, 1.54) is 0 Å². The smallest absolute Gasteiger partial charge is 0.316 e. The number of carbonyl (C=O) groups is 1. The molecule has 1 saturated heterocycles. The lowest BCUT2D eigenvalue weighted by molar-refractivity contribution is -0.133. The Kier molecular flexibility index (Phi) is 4.38. The molecule has 1 heterocycles. The average Bonchev–Trinajstić information content (AvgIpc) is 2.04. The van der Waals surface area contributed by atoms with Crippen molar-refractivity contribution in [3.05, 3.63) is 0 Å². The van der Waals surface area contributed by atoms with Gasteiger partial charge in [-0.3, -0.25) is 9.00 Å². The van der Waals surface area contributed by atoms with Crippen LogP contribution in [0.15, 0.2) is 0 Å². The van der Waals surface area contributed by atoms with Crippen molar-refractivity contribution in [1.82, 2.24) is 0 Å². The van der Waals surface area contributed by atoms with E-state index in [0.29, 0.717) is 5.75 Å². The second-order valence-corrected chi connectivity index (χ2v) is 4.63. The summed E-state index contributed by atoms with van der Waals surface area (Å²) >= 11 is 0. The Bertz CT molecular complexity index is 198. The number of hydrogen-bond acceptors (Lipinski definition) is 3. The molecule has 1 N–H and O–H groups in total. The van der Waals surface area contributed by atoms with Crippen LogP contribution in [0.5, 0.6) is 0 Å². The third-order valence-corrected chi connectivity index (χ3v) is 3.24. The summed E-state index contributed by atoms with van der Waals surface area (Å²) in [5.41, 5.74) is 0. The minimum absolute atomic E-state index is 0.00827. The summed E-state index contributed by atoms with van der Waals surface area (Å²) in [7, 11) is -1.27. The fourth-order valence-electron chi connectivity index (χ4n) is 1.34. The molecule has 0 bridgehead atoms. The highest BCUT2D eigenvalue weighted by Crippen LogP contribution is 2.13. The van der Waals surface area contributed by atoms with E-state index >= 15 is 0 Å². The zero-order valence-electron chi connectivity index (χ0n) is 7.40. The molecule has 0 saturated carbocycles. The van der Waals surface area contributed by atoms with E-state index in [9.17, 15) is 9.00 Å². The SMILES string of the molecule is O=C(O)CS(=O)CC1CCCCO1. The zero-order valence-corrected chi connectivity index (χ0v) is 8.22. The summed E-state index contributed by atoms with van der Waals surface area (Å²) in [4.78, 5) is 10.2. The lowest BCUT2D eigenvalue weighted by Crippen LogP contribution is -2.27. The monoisotopic (exact) mass is 206 g/mol. The molecule has 0 aromatic carbocycles. The first kappa shape index (κ1) is 10.7. The maximum absolute atomic E-state index is 11.2. The van der Waals surface area contributed by atoms with Gasteiger partial charge in [0.2, 0.25) is 0 Å². The maximum atomic E-state index is 11.2. The van der Waals surface area contributed by atoms with Crippen LogP contribution in [0.25, 0.3) is 0 Å². The molecule has 0 spiro atoms. The predicted molar refractivity (Wildman–Crippen MR) is 49.1 cm³/mol. The Morgan fingerprint density at radius 3 is 2.85 bits per heavy atom. The number of hydrogen-bond donors (Lipinski definition) is 1. The standard InChI is InChI=1S/C8H14O4S/c9-8(10)6-13(11)5-7-3-1-2-4-12-7/h7H,1-6H2,(H,9,10). The van der Waals surface area contributed by atoms with Crippen molar-refractivity contribution in [1.29, 1.82) is 0 Å². The van der Waals surface area contributed by atoms with E-state index in [4.69, 9.17) is 9.84 Å². The minimum Gasteiger partial charge on any atom is -0.481 e. The summed E-state index contributed by atoms with van der Waals surface area (Å²) in [6.07, 6.45) is 3.07. The Hall–Kier alpha value is -0.420. The summed E-state index contributed by atoms with van der Waals surface area (Å²) in [6, 6.07) is 0. The minimum atomic E-state index is -1.27. The van der Waals surface area contributed by atoms with E-state index in [0.717, 1.165) is 25.9 Å². The number of aliphatic carboxylic acids is 1. The number of ether oxygens (including phenoxy) is 1. The molecule has 2 atom stereocenters. The molecule has 2 unspecified atom stereocenters. The molecular weight excluding hydrogens is 192 g/mol. The van der Waals surface area contributed by atoms with Crippen molar-refractivity contribution >= 4 is 16.8 Å². The first-order chi connectivity index (χ1) is 6.18. The molecule has 1 fully saturated rings. The molecule has 76 valence electrons. The normalized spacial score (nSPS) is 25.4. The third-order valence-electron chi connectivity index (χ3n) is 1.93. The predicted octanol–water partition coefficient (Wildman–Crippen LogP) is 0.389. The maximum Gasteiger partial charge on any atom is 0.316 e. The fourth-order valence-corrected chi connectivity index (χ4v) is 2.41. The lowest BCUT2D eigenvalue weighted by Gasteiger charge is -2.21. The van der Waals surface area contributed by atoms with Crippen molar-refractivity contribution in [2.24, 2.45) is 0 Å². The summed E-state index contributed by atoms with van der Waals surface area (Å²) < 4.78 is 16.5. The van der Waals surface area contributed by atoms with Gasteiger partial charge >= 0.3 is 5.97 Å². The lowest BCUT2D eigenvalue weighted by atomic mass is 10.1. The van der Waals surface area contributed by atoms with Crippen LogP contribution >= 0.6 is 0 Å². The van der Waals surface area contributed by atoms with Gasteiger partial charge < -0.3 is 9.84 Å². The molecule has 5 heteroatoms. The van der Waals surface area contributed by atoms with Gasteiger partial charge in [0.05, 0.1) is 11.9 Å². The number of carboxylic acids is 1. The average molecular weight is 206 g/mol. The van der Waals surface area contributed by atoms with Crippen molar-refractivity contribution < 1.29 is 18.8 Å². The molecule has 4 nitrogen and oxygen atoms in total. The second kappa shape index (κ2) is 5.34. The van der Waals surface area contributed by atoms with E-state index in [1.807, 2.05) is 0 Å². The first-order valence-corrected chi connectivity index (χ1v) is 5.85. The topological polar surface area (TPSA) is 63.6 Å². The molecule has 1 aliphatic heterocycles. The first-order valence-electron chi connectivity index (χ1n) is 4.37. The Morgan fingerprint density at radius 2 is 2.31 bits per heavy atom. The van der Waals surface area contributed by atoms with Crippen LogP contribution in [0, 0.1) is 0 Å². The van der Waals surface area contributed by atoms with Gasteiger partial charge in [0, 0.05) is 17.4 Å². The molecule has 13 heavy (non-hydrogen) atoms. The molecule has 0 aliphatic carbocycles. The van der Waals surface area contributed by atoms with Crippen LogP contribution in [0.3, 0.4) is 0 Å². The van der Waals surface area contributed by atoms with E-state index in [-0.39, 0.29) is 11.9 Å².